The van der Waals surface area contributed by atoms with Gasteiger partial charge < -0.3 is 14.3 Å². The quantitative estimate of drug-likeness (QED) is 0.497. The van der Waals surface area contributed by atoms with Gasteiger partial charge >= 0.3 is 0 Å². The van der Waals surface area contributed by atoms with E-state index in [2.05, 4.69) is 35.2 Å². The first-order valence-corrected chi connectivity index (χ1v) is 12.2. The highest BCUT2D eigenvalue weighted by Gasteiger charge is 2.48. The highest BCUT2D eigenvalue weighted by molar-refractivity contribution is 6.33. The van der Waals surface area contributed by atoms with Gasteiger partial charge in [-0.2, -0.15) is 0 Å². The Hall–Kier alpha value is -2.63. The minimum atomic E-state index is -0.0599. The topological polar surface area (TPSA) is 49.6 Å². The molecule has 1 amide bonds. The number of likely N-dealkylation sites (tertiary alicyclic amines) is 1. The van der Waals surface area contributed by atoms with Gasteiger partial charge in [0.15, 0.2) is 0 Å². The summed E-state index contributed by atoms with van der Waals surface area (Å²) in [6, 6.07) is 14.8. The molecule has 1 aromatic heterocycles. The van der Waals surface area contributed by atoms with Crippen LogP contribution < -0.4 is 4.90 Å². The molecule has 1 saturated carbocycles. The number of aromatic nitrogens is 1. The van der Waals surface area contributed by atoms with E-state index in [1.54, 1.807) is 6.92 Å². The Morgan fingerprint density at radius 3 is 2.61 bits per heavy atom. The number of aryl methyl sites for hydroxylation is 2. The molecular formula is C27H28ClN3O2. The maximum atomic E-state index is 14.1. The Morgan fingerprint density at radius 2 is 1.88 bits per heavy atom. The van der Waals surface area contributed by atoms with Crippen molar-refractivity contribution in [2.75, 3.05) is 24.5 Å². The van der Waals surface area contributed by atoms with Gasteiger partial charge in [0.05, 0.1) is 5.02 Å². The molecular weight excluding hydrogens is 434 g/mol. The predicted octanol–water partition coefficient (Wildman–Crippen LogP) is 5.77. The van der Waals surface area contributed by atoms with Gasteiger partial charge in [0.2, 0.25) is 0 Å². The van der Waals surface area contributed by atoms with E-state index in [0.717, 1.165) is 43.2 Å². The summed E-state index contributed by atoms with van der Waals surface area (Å²) >= 11 is 6.45. The van der Waals surface area contributed by atoms with Crippen LogP contribution in [-0.4, -0.2) is 41.6 Å². The molecule has 6 rings (SSSR count). The maximum absolute atomic E-state index is 14.1. The second-order valence-corrected chi connectivity index (χ2v) is 10.3. The molecule has 0 atom stereocenters. The van der Waals surface area contributed by atoms with Gasteiger partial charge in [0.25, 0.3) is 5.91 Å². The number of amides is 1. The molecule has 0 radical (unpaired) electrons. The van der Waals surface area contributed by atoms with Crippen LogP contribution in [0.4, 0.5) is 5.69 Å². The predicted molar refractivity (Wildman–Crippen MR) is 130 cm³/mol. The standard InChI is InChI=1S/C27H28ClN3O2/c1-17-7-10-23-21(15-17)27(11-13-30(14-12-27)19-8-9-19)16-31(23)26(32)24-18(2)33-29-25(24)20-5-3-4-6-22(20)28/h3-7,10,15,19H,8-9,11-14,16H2,1-2H3. The first-order chi connectivity index (χ1) is 16.0. The van der Waals surface area contributed by atoms with E-state index in [1.165, 1.54) is 24.0 Å². The average Bonchev–Trinajstić information content (AvgIpc) is 3.53. The molecule has 3 aliphatic rings. The zero-order chi connectivity index (χ0) is 22.7. The summed E-state index contributed by atoms with van der Waals surface area (Å²) in [6.45, 7) is 6.86. The van der Waals surface area contributed by atoms with E-state index in [4.69, 9.17) is 16.1 Å². The molecule has 3 heterocycles. The van der Waals surface area contributed by atoms with Crippen molar-refractivity contribution in [3.05, 3.63) is 69.9 Å². The monoisotopic (exact) mass is 461 g/mol. The zero-order valence-electron chi connectivity index (χ0n) is 19.1. The van der Waals surface area contributed by atoms with Gasteiger partial charge in [-0.05, 0) is 70.3 Å². The van der Waals surface area contributed by atoms with Crippen LogP contribution >= 0.6 is 11.6 Å². The molecule has 2 aromatic carbocycles. The van der Waals surface area contributed by atoms with Gasteiger partial charge in [-0.15, -0.1) is 0 Å². The zero-order valence-corrected chi connectivity index (χ0v) is 19.9. The van der Waals surface area contributed by atoms with Crippen LogP contribution in [0.1, 0.15) is 52.9 Å². The number of hydrogen-bond donors (Lipinski definition) is 0. The normalized spacial score (nSPS) is 19.8. The van der Waals surface area contributed by atoms with Gasteiger partial charge in [-0.25, -0.2) is 0 Å². The Labute approximate surface area is 199 Å². The van der Waals surface area contributed by atoms with Crippen molar-refractivity contribution in [3.63, 3.8) is 0 Å². The number of hydrogen-bond acceptors (Lipinski definition) is 4. The first kappa shape index (κ1) is 20.9. The molecule has 0 N–H and O–H groups in total. The lowest BCUT2D eigenvalue weighted by molar-refractivity contribution is 0.0974. The van der Waals surface area contributed by atoms with Crippen molar-refractivity contribution in [1.82, 2.24) is 10.1 Å². The Morgan fingerprint density at radius 1 is 1.12 bits per heavy atom. The fraction of sp³-hybridized carbons (Fsp3) is 0.407. The van der Waals surface area contributed by atoms with Crippen molar-refractivity contribution in [2.24, 2.45) is 0 Å². The Kier molecular flexibility index (Phi) is 4.89. The number of carbonyl (C=O) groups excluding carboxylic acids is 1. The van der Waals surface area contributed by atoms with Crippen molar-refractivity contribution < 1.29 is 9.32 Å². The summed E-state index contributed by atoms with van der Waals surface area (Å²) in [5.41, 5.74) is 5.33. The van der Waals surface area contributed by atoms with Crippen LogP contribution in [0.15, 0.2) is 47.0 Å². The number of fused-ring (bicyclic) bond motifs is 2. The molecule has 0 bridgehead atoms. The van der Waals surface area contributed by atoms with Crippen LogP contribution in [0, 0.1) is 13.8 Å². The number of benzene rings is 2. The van der Waals surface area contributed by atoms with Crippen LogP contribution in [0.5, 0.6) is 0 Å². The lowest BCUT2D eigenvalue weighted by Crippen LogP contribution is -2.46. The number of rotatable bonds is 3. The minimum Gasteiger partial charge on any atom is -0.360 e. The van der Waals surface area contributed by atoms with Crippen LogP contribution in [0.2, 0.25) is 5.02 Å². The fourth-order valence-electron chi connectivity index (χ4n) is 5.74. The molecule has 2 fully saturated rings. The first-order valence-electron chi connectivity index (χ1n) is 11.9. The summed E-state index contributed by atoms with van der Waals surface area (Å²) in [5, 5.41) is 4.79. The molecule has 1 saturated heterocycles. The third kappa shape index (κ3) is 3.41. The number of halogens is 1. The molecule has 33 heavy (non-hydrogen) atoms. The summed E-state index contributed by atoms with van der Waals surface area (Å²) in [5.74, 6) is 0.461. The largest absolute Gasteiger partial charge is 0.360 e. The minimum absolute atomic E-state index is 0.0119. The number of nitrogens with zero attached hydrogens (tertiary/aromatic N) is 3. The number of carbonyl (C=O) groups is 1. The molecule has 5 nitrogen and oxygen atoms in total. The van der Waals surface area contributed by atoms with Crippen LogP contribution in [0.3, 0.4) is 0 Å². The SMILES string of the molecule is Cc1ccc2c(c1)C1(CCN(C3CC3)CC1)CN2C(=O)c1c(-c2ccccc2Cl)noc1C. The van der Waals surface area contributed by atoms with Crippen molar-refractivity contribution in [1.29, 1.82) is 0 Å². The van der Waals surface area contributed by atoms with Crippen molar-refractivity contribution >= 4 is 23.2 Å². The summed E-state index contributed by atoms with van der Waals surface area (Å²) in [7, 11) is 0. The molecule has 1 spiro atoms. The molecule has 0 unspecified atom stereocenters. The second kappa shape index (κ2) is 7.71. The van der Waals surface area contributed by atoms with E-state index in [0.29, 0.717) is 28.6 Å². The Bertz CT molecular complexity index is 1240. The van der Waals surface area contributed by atoms with Crippen molar-refractivity contribution in [2.45, 2.75) is 51.0 Å². The summed E-state index contributed by atoms with van der Waals surface area (Å²) < 4.78 is 5.51. The van der Waals surface area contributed by atoms with Gasteiger partial charge in [0.1, 0.15) is 17.0 Å². The lowest BCUT2D eigenvalue weighted by Gasteiger charge is -2.40. The van der Waals surface area contributed by atoms with Gasteiger partial charge in [-0.3, -0.25) is 4.79 Å². The van der Waals surface area contributed by atoms with Crippen LogP contribution in [0.25, 0.3) is 11.3 Å². The van der Waals surface area contributed by atoms with E-state index >= 15 is 0 Å². The van der Waals surface area contributed by atoms with E-state index in [9.17, 15) is 4.79 Å². The van der Waals surface area contributed by atoms with Gasteiger partial charge in [-0.1, -0.05) is 52.7 Å². The highest BCUT2D eigenvalue weighted by atomic mass is 35.5. The molecule has 170 valence electrons. The molecule has 6 heteroatoms. The Balaban J connectivity index is 1.39. The van der Waals surface area contributed by atoms with E-state index in [1.807, 2.05) is 29.2 Å². The second-order valence-electron chi connectivity index (χ2n) is 9.90. The van der Waals surface area contributed by atoms with E-state index < -0.39 is 0 Å². The third-order valence-corrected chi connectivity index (χ3v) is 8.07. The summed E-state index contributed by atoms with van der Waals surface area (Å²) in [4.78, 5) is 18.7. The average molecular weight is 462 g/mol. The molecule has 1 aliphatic carbocycles. The molecule has 3 aromatic rings. The van der Waals surface area contributed by atoms with Crippen molar-refractivity contribution in [3.8, 4) is 11.3 Å². The van der Waals surface area contributed by atoms with E-state index in [-0.39, 0.29) is 11.3 Å². The van der Waals surface area contributed by atoms with Gasteiger partial charge in [0, 0.05) is 29.3 Å². The smallest absolute Gasteiger partial charge is 0.264 e. The third-order valence-electron chi connectivity index (χ3n) is 7.74. The number of anilines is 1. The lowest BCUT2D eigenvalue weighted by atomic mass is 9.74. The maximum Gasteiger partial charge on any atom is 0.264 e. The molecule has 2 aliphatic heterocycles. The van der Waals surface area contributed by atoms with Crippen LogP contribution in [-0.2, 0) is 5.41 Å². The highest BCUT2D eigenvalue weighted by Crippen LogP contribution is 2.49. The fourth-order valence-corrected chi connectivity index (χ4v) is 5.97. The summed E-state index contributed by atoms with van der Waals surface area (Å²) in [6.07, 6.45) is 4.85. The number of piperidine rings is 1.